The van der Waals surface area contributed by atoms with Gasteiger partial charge >= 0.3 is 0 Å². The van der Waals surface area contributed by atoms with Gasteiger partial charge in [0.2, 0.25) is 0 Å². The summed E-state index contributed by atoms with van der Waals surface area (Å²) in [4.78, 5) is 14.3. The predicted octanol–water partition coefficient (Wildman–Crippen LogP) is 9.26. The number of hydrogen-bond acceptors (Lipinski definition) is 4. The van der Waals surface area contributed by atoms with Gasteiger partial charge in [-0.15, -0.1) is 0 Å². The van der Waals surface area contributed by atoms with Crippen LogP contribution in [0.2, 0.25) is 0 Å². The lowest BCUT2D eigenvalue weighted by Gasteiger charge is -2.24. The summed E-state index contributed by atoms with van der Waals surface area (Å²) in [5.74, 6) is 0.955. The van der Waals surface area contributed by atoms with E-state index in [0.717, 1.165) is 72.7 Å². The van der Waals surface area contributed by atoms with Gasteiger partial charge in [0, 0.05) is 28.2 Å². The third-order valence-corrected chi connectivity index (χ3v) is 8.38. The average molecular weight is 583 g/mol. The minimum Gasteiger partial charge on any atom is -0.359 e. The fourth-order valence-corrected chi connectivity index (χ4v) is 6.46. The van der Waals surface area contributed by atoms with Crippen molar-refractivity contribution < 1.29 is 0 Å². The maximum atomic E-state index is 5.17. The van der Waals surface area contributed by atoms with Crippen LogP contribution in [0, 0.1) is 0 Å². The molecule has 0 fully saturated rings. The molecule has 6 heteroatoms. The Bertz CT molecular complexity index is 2300. The SMILES string of the molecule is C=Nc1c(/C=C\C)n(C2=CC=CC(c3cccc(-c4cccc(-n5c6ccccc6c6ncccc65)c4)n3)N2)c2ccccc12. The monoisotopic (exact) mass is 582 g/mol. The number of nitrogens with zero attached hydrogens (tertiary/aromatic N) is 5. The van der Waals surface area contributed by atoms with E-state index in [0.29, 0.717) is 0 Å². The lowest BCUT2D eigenvalue weighted by atomic mass is 10.1. The molecule has 1 atom stereocenters. The van der Waals surface area contributed by atoms with Crippen LogP contribution in [0.1, 0.15) is 24.4 Å². The highest BCUT2D eigenvalue weighted by Gasteiger charge is 2.21. The highest BCUT2D eigenvalue weighted by Crippen LogP contribution is 2.37. The van der Waals surface area contributed by atoms with Crippen molar-refractivity contribution in [2.45, 2.75) is 13.0 Å². The molecule has 0 saturated carbocycles. The highest BCUT2D eigenvalue weighted by atomic mass is 15.2. The maximum absolute atomic E-state index is 5.17. The zero-order chi connectivity index (χ0) is 30.3. The molecule has 1 unspecified atom stereocenters. The molecule has 0 spiro atoms. The van der Waals surface area contributed by atoms with E-state index in [9.17, 15) is 0 Å². The van der Waals surface area contributed by atoms with Crippen molar-refractivity contribution in [2.75, 3.05) is 0 Å². The van der Waals surface area contributed by atoms with Crippen molar-refractivity contribution in [3.05, 3.63) is 145 Å². The summed E-state index contributed by atoms with van der Waals surface area (Å²) >= 11 is 0. The molecular weight excluding hydrogens is 552 g/mol. The Balaban J connectivity index is 1.16. The number of benzene rings is 3. The largest absolute Gasteiger partial charge is 0.359 e. The lowest BCUT2D eigenvalue weighted by molar-refractivity contribution is 0.710. The molecule has 6 nitrogen and oxygen atoms in total. The van der Waals surface area contributed by atoms with Crippen molar-refractivity contribution in [3.8, 4) is 16.9 Å². The number of rotatable bonds is 6. The zero-order valence-electron chi connectivity index (χ0n) is 24.8. The summed E-state index contributed by atoms with van der Waals surface area (Å²) in [7, 11) is 0. The summed E-state index contributed by atoms with van der Waals surface area (Å²) in [6.45, 7) is 5.89. The number of nitrogens with one attached hydrogen (secondary N) is 1. The molecule has 0 bridgehead atoms. The van der Waals surface area contributed by atoms with E-state index >= 15 is 0 Å². The second kappa shape index (κ2) is 10.9. The lowest BCUT2D eigenvalue weighted by Crippen LogP contribution is -2.25. The maximum Gasteiger partial charge on any atom is 0.111 e. The third-order valence-electron chi connectivity index (χ3n) is 8.38. The second-order valence-electron chi connectivity index (χ2n) is 11.0. The number of allylic oxidation sites excluding steroid dienone is 3. The first-order valence-electron chi connectivity index (χ1n) is 15.1. The quantitative estimate of drug-likeness (QED) is 0.199. The Labute approximate surface area is 261 Å². The Kier molecular flexibility index (Phi) is 6.46. The van der Waals surface area contributed by atoms with Crippen LogP contribution in [-0.4, -0.2) is 25.8 Å². The Hall–Kier alpha value is -6.01. The van der Waals surface area contributed by atoms with Crippen LogP contribution >= 0.6 is 0 Å². The van der Waals surface area contributed by atoms with E-state index in [1.165, 1.54) is 0 Å². The van der Waals surface area contributed by atoms with E-state index in [-0.39, 0.29) is 6.04 Å². The van der Waals surface area contributed by atoms with Crippen LogP contribution in [0.25, 0.3) is 61.7 Å². The van der Waals surface area contributed by atoms with Gasteiger partial charge in [-0.05, 0) is 74.3 Å². The minimum atomic E-state index is -0.115. The Morgan fingerprint density at radius 2 is 1.60 bits per heavy atom. The average Bonchev–Trinajstić information content (AvgIpc) is 3.61. The number of pyridine rings is 2. The molecule has 3 aromatic carbocycles. The minimum absolute atomic E-state index is 0.115. The van der Waals surface area contributed by atoms with Gasteiger partial charge in [-0.2, -0.15) is 0 Å². The van der Waals surface area contributed by atoms with Crippen molar-refractivity contribution >= 4 is 57.1 Å². The van der Waals surface area contributed by atoms with Crippen molar-refractivity contribution in [1.29, 1.82) is 0 Å². The summed E-state index contributed by atoms with van der Waals surface area (Å²) in [6, 6.07) is 35.5. The fourth-order valence-electron chi connectivity index (χ4n) is 6.46. The van der Waals surface area contributed by atoms with Gasteiger partial charge < -0.3 is 9.88 Å². The van der Waals surface area contributed by atoms with Gasteiger partial charge in [0.25, 0.3) is 0 Å². The zero-order valence-corrected chi connectivity index (χ0v) is 24.8. The van der Waals surface area contributed by atoms with Gasteiger partial charge in [0.05, 0.1) is 50.9 Å². The first-order chi connectivity index (χ1) is 22.2. The van der Waals surface area contributed by atoms with E-state index in [1.54, 1.807) is 0 Å². The summed E-state index contributed by atoms with van der Waals surface area (Å²) in [5, 5.41) is 5.94. The van der Waals surface area contributed by atoms with Crippen molar-refractivity contribution in [2.24, 2.45) is 4.99 Å². The van der Waals surface area contributed by atoms with E-state index in [2.05, 4.69) is 141 Å². The molecule has 1 aliphatic heterocycles. The molecule has 0 aliphatic carbocycles. The van der Waals surface area contributed by atoms with Gasteiger partial charge in [-0.3, -0.25) is 19.5 Å². The molecule has 7 aromatic rings. The molecule has 8 rings (SSSR count). The second-order valence-corrected chi connectivity index (χ2v) is 11.0. The summed E-state index contributed by atoms with van der Waals surface area (Å²) in [5.41, 5.74) is 10.1. The van der Waals surface area contributed by atoms with Crippen LogP contribution in [0.5, 0.6) is 0 Å². The predicted molar refractivity (Wildman–Crippen MR) is 187 cm³/mol. The molecule has 216 valence electrons. The van der Waals surface area contributed by atoms with Crippen LogP contribution in [-0.2, 0) is 0 Å². The fraction of sp³-hybridized carbons (Fsp3) is 0.0513. The number of aromatic nitrogens is 4. The van der Waals surface area contributed by atoms with Crippen molar-refractivity contribution in [3.63, 3.8) is 0 Å². The standard InChI is InChI=1S/C39H30N6/c1-3-12-35-38(40-2)28-15-4-7-21-34(28)45(35)37-23-10-19-32(43-37)31-18-9-17-30(42-31)26-13-8-14-27(25-26)44-33-20-6-5-16-29(33)39-36(44)22-11-24-41-39/h3-25,32,43H,2H2,1H3/b12-3-. The molecule has 0 amide bonds. The molecule has 1 N–H and O–H groups in total. The smallest absolute Gasteiger partial charge is 0.111 e. The van der Waals surface area contributed by atoms with Crippen LogP contribution in [0.15, 0.2) is 139 Å². The normalized spacial score (nSPS) is 14.8. The Morgan fingerprint density at radius 3 is 2.44 bits per heavy atom. The van der Waals surface area contributed by atoms with Crippen LogP contribution in [0.3, 0.4) is 0 Å². The highest BCUT2D eigenvalue weighted by molar-refractivity contribution is 6.07. The molecule has 1 aliphatic rings. The summed E-state index contributed by atoms with van der Waals surface area (Å²) in [6.07, 6.45) is 12.3. The molecule has 5 heterocycles. The number of fused-ring (bicyclic) bond motifs is 4. The molecule has 0 saturated heterocycles. The number of aliphatic imine (C=N–C) groups is 1. The van der Waals surface area contributed by atoms with E-state index < -0.39 is 0 Å². The topological polar surface area (TPSA) is 60.0 Å². The third kappa shape index (κ3) is 4.38. The van der Waals surface area contributed by atoms with Gasteiger partial charge in [-0.25, -0.2) is 0 Å². The molecule has 45 heavy (non-hydrogen) atoms. The molecular formula is C39H30N6. The van der Waals surface area contributed by atoms with Crippen LogP contribution < -0.4 is 5.32 Å². The number of dihydropyridines is 1. The van der Waals surface area contributed by atoms with E-state index in [1.807, 2.05) is 31.3 Å². The number of para-hydroxylation sites is 2. The van der Waals surface area contributed by atoms with E-state index in [4.69, 9.17) is 9.97 Å². The molecule has 0 radical (unpaired) electrons. The Morgan fingerprint density at radius 1 is 0.822 bits per heavy atom. The van der Waals surface area contributed by atoms with Crippen LogP contribution in [0.4, 0.5) is 5.69 Å². The molecule has 4 aromatic heterocycles. The summed E-state index contributed by atoms with van der Waals surface area (Å²) < 4.78 is 4.49. The van der Waals surface area contributed by atoms with Gasteiger partial charge in [-0.1, -0.05) is 72.8 Å². The first kappa shape index (κ1) is 26.6. The van der Waals surface area contributed by atoms with Gasteiger partial charge in [0.15, 0.2) is 0 Å². The van der Waals surface area contributed by atoms with Crippen molar-refractivity contribution in [1.82, 2.24) is 24.4 Å². The van der Waals surface area contributed by atoms with Gasteiger partial charge in [0.1, 0.15) is 5.82 Å². The number of hydrogen-bond donors (Lipinski definition) is 1. The first-order valence-corrected chi connectivity index (χ1v) is 15.1.